The van der Waals surface area contributed by atoms with Gasteiger partial charge in [0.05, 0.1) is 25.1 Å². The number of hydrogen-bond donors (Lipinski definition) is 1. The fourth-order valence-electron chi connectivity index (χ4n) is 4.16. The highest BCUT2D eigenvalue weighted by molar-refractivity contribution is 7.92. The Bertz CT molecular complexity index is 1320. The third kappa shape index (κ3) is 6.09. The smallest absolute Gasteiger partial charge is 0.241 e. The van der Waals surface area contributed by atoms with Crippen molar-refractivity contribution >= 4 is 21.6 Å². The zero-order chi connectivity index (χ0) is 25.9. The van der Waals surface area contributed by atoms with Crippen LogP contribution in [0.2, 0.25) is 0 Å². The number of benzene rings is 3. The molecule has 0 radical (unpaired) electrons. The molecule has 0 aliphatic carbocycles. The van der Waals surface area contributed by atoms with Gasteiger partial charge < -0.3 is 19.5 Å². The van der Waals surface area contributed by atoms with Gasteiger partial charge in [-0.1, -0.05) is 18.2 Å². The van der Waals surface area contributed by atoms with Crippen LogP contribution in [0, 0.1) is 0 Å². The Morgan fingerprint density at radius 3 is 2.31 bits per heavy atom. The van der Waals surface area contributed by atoms with Crippen LogP contribution in [0.4, 0.5) is 5.69 Å². The predicted molar refractivity (Wildman–Crippen MR) is 138 cm³/mol. The molecule has 1 unspecified atom stereocenters. The number of nitrogens with one attached hydrogen (secondary N) is 1. The Morgan fingerprint density at radius 2 is 1.67 bits per heavy atom. The summed E-state index contributed by atoms with van der Waals surface area (Å²) in [7, 11) is -2.16. The molecule has 1 N–H and O–H groups in total. The Balaban J connectivity index is 1.51. The van der Waals surface area contributed by atoms with Gasteiger partial charge in [0.15, 0.2) is 0 Å². The molecule has 3 aromatic carbocycles. The monoisotopic (exact) mass is 510 g/mol. The number of carbonyl (C=O) groups excluding carboxylic acids is 1. The maximum atomic E-state index is 13.1. The summed E-state index contributed by atoms with van der Waals surface area (Å²) in [6.07, 6.45) is 1.59. The van der Waals surface area contributed by atoms with Crippen molar-refractivity contribution in [3.05, 3.63) is 78.4 Å². The molecular weight excluding hydrogens is 480 g/mol. The fourth-order valence-corrected chi connectivity index (χ4v) is 5.02. The Labute approximate surface area is 211 Å². The number of amides is 1. The highest BCUT2D eigenvalue weighted by Crippen LogP contribution is 2.41. The molecule has 1 amide bonds. The number of nitrogens with zero attached hydrogens (tertiary/aromatic N) is 1. The number of ether oxygens (including phenoxy) is 3. The van der Waals surface area contributed by atoms with E-state index in [1.165, 1.54) is 0 Å². The number of para-hydroxylation sites is 1. The van der Waals surface area contributed by atoms with E-state index in [9.17, 15) is 13.2 Å². The van der Waals surface area contributed by atoms with Gasteiger partial charge in [0.25, 0.3) is 0 Å². The molecule has 8 nitrogen and oxygen atoms in total. The lowest BCUT2D eigenvalue weighted by Crippen LogP contribution is -2.45. The summed E-state index contributed by atoms with van der Waals surface area (Å²) in [5, 5.41) is 2.99. The second-order valence-corrected chi connectivity index (χ2v) is 11.2. The number of sulfonamides is 1. The minimum atomic E-state index is -3.73. The topological polar surface area (TPSA) is 94.2 Å². The van der Waals surface area contributed by atoms with Gasteiger partial charge >= 0.3 is 0 Å². The van der Waals surface area contributed by atoms with E-state index in [0.29, 0.717) is 35.1 Å². The van der Waals surface area contributed by atoms with Crippen molar-refractivity contribution in [2.75, 3.05) is 24.2 Å². The minimum absolute atomic E-state index is 0.363. The Hall–Kier alpha value is -3.72. The standard InChI is InChI=1S/C27H30N2O6S/c1-27(2)17-24(23-16-22(33-3)14-15-25(23)35-27)28-26(30)18-29(36(4,31)32)19-10-12-21(13-11-19)34-20-8-6-5-7-9-20/h5-16,24H,17-18H2,1-4H3,(H,28,30). The summed E-state index contributed by atoms with van der Waals surface area (Å²) in [6.45, 7) is 3.53. The van der Waals surface area contributed by atoms with Crippen molar-refractivity contribution in [3.8, 4) is 23.0 Å². The number of hydrogen-bond acceptors (Lipinski definition) is 6. The van der Waals surface area contributed by atoms with Gasteiger partial charge in [0.2, 0.25) is 15.9 Å². The summed E-state index contributed by atoms with van der Waals surface area (Å²) in [5.74, 6) is 2.10. The van der Waals surface area contributed by atoms with Crippen LogP contribution in [0.15, 0.2) is 72.8 Å². The summed E-state index contributed by atoms with van der Waals surface area (Å²) in [6, 6.07) is 20.9. The molecule has 1 atom stereocenters. The first-order chi connectivity index (χ1) is 17.0. The van der Waals surface area contributed by atoms with Gasteiger partial charge in [-0.15, -0.1) is 0 Å². The molecule has 0 saturated heterocycles. The average molecular weight is 511 g/mol. The van der Waals surface area contributed by atoms with Gasteiger partial charge in [0.1, 0.15) is 35.1 Å². The summed E-state index contributed by atoms with van der Waals surface area (Å²) in [4.78, 5) is 13.1. The van der Waals surface area contributed by atoms with Crippen LogP contribution in [0.25, 0.3) is 0 Å². The summed E-state index contributed by atoms with van der Waals surface area (Å²) < 4.78 is 43.5. The van der Waals surface area contributed by atoms with Crippen LogP contribution in [0.5, 0.6) is 23.0 Å². The van der Waals surface area contributed by atoms with E-state index in [0.717, 1.165) is 16.1 Å². The van der Waals surface area contributed by atoms with Crippen molar-refractivity contribution in [2.45, 2.75) is 31.9 Å². The fraction of sp³-hybridized carbons (Fsp3) is 0.296. The molecule has 1 heterocycles. The molecule has 0 spiro atoms. The van der Waals surface area contributed by atoms with Crippen molar-refractivity contribution < 1.29 is 27.4 Å². The second kappa shape index (κ2) is 10.1. The van der Waals surface area contributed by atoms with Crippen molar-refractivity contribution in [2.24, 2.45) is 0 Å². The van der Waals surface area contributed by atoms with Crippen molar-refractivity contribution in [3.63, 3.8) is 0 Å². The van der Waals surface area contributed by atoms with Crippen LogP contribution < -0.4 is 23.8 Å². The Morgan fingerprint density at radius 1 is 1.03 bits per heavy atom. The molecule has 0 bridgehead atoms. The zero-order valence-electron chi connectivity index (χ0n) is 20.7. The van der Waals surface area contributed by atoms with Crippen LogP contribution in [-0.4, -0.2) is 39.8 Å². The van der Waals surface area contributed by atoms with E-state index in [2.05, 4.69) is 5.32 Å². The van der Waals surface area contributed by atoms with Crippen molar-refractivity contribution in [1.82, 2.24) is 5.32 Å². The van der Waals surface area contributed by atoms with E-state index >= 15 is 0 Å². The molecule has 0 fully saturated rings. The normalized spacial score (nSPS) is 16.3. The molecule has 190 valence electrons. The van der Waals surface area contributed by atoms with Gasteiger partial charge in [-0.2, -0.15) is 0 Å². The molecule has 0 aromatic heterocycles. The van der Waals surface area contributed by atoms with Crippen LogP contribution >= 0.6 is 0 Å². The van der Waals surface area contributed by atoms with Gasteiger partial charge in [-0.3, -0.25) is 9.10 Å². The SMILES string of the molecule is COc1ccc2c(c1)C(NC(=O)CN(c1ccc(Oc3ccccc3)cc1)S(C)(=O)=O)CC(C)(C)O2. The first-order valence-corrected chi connectivity index (χ1v) is 13.4. The number of methoxy groups -OCH3 is 1. The predicted octanol–water partition coefficient (Wildman–Crippen LogP) is 4.67. The molecule has 9 heteroatoms. The van der Waals surface area contributed by atoms with Crippen LogP contribution in [-0.2, 0) is 14.8 Å². The molecule has 1 aliphatic rings. The first kappa shape index (κ1) is 25.4. The molecule has 0 saturated carbocycles. The minimum Gasteiger partial charge on any atom is -0.497 e. The number of anilines is 1. The molecule has 3 aromatic rings. The van der Waals surface area contributed by atoms with E-state index in [4.69, 9.17) is 14.2 Å². The van der Waals surface area contributed by atoms with Crippen LogP contribution in [0.3, 0.4) is 0 Å². The summed E-state index contributed by atoms with van der Waals surface area (Å²) in [5.41, 5.74) is 0.641. The maximum Gasteiger partial charge on any atom is 0.241 e. The number of rotatable bonds is 8. The van der Waals surface area contributed by atoms with E-state index in [1.54, 1.807) is 37.4 Å². The lowest BCUT2D eigenvalue weighted by molar-refractivity contribution is -0.120. The number of fused-ring (bicyclic) bond motifs is 1. The maximum absolute atomic E-state index is 13.1. The molecule has 36 heavy (non-hydrogen) atoms. The third-order valence-electron chi connectivity index (χ3n) is 5.80. The quantitative estimate of drug-likeness (QED) is 0.473. The summed E-state index contributed by atoms with van der Waals surface area (Å²) >= 11 is 0. The second-order valence-electron chi connectivity index (χ2n) is 9.27. The van der Waals surface area contributed by atoms with Gasteiger partial charge in [-0.05, 0) is 68.4 Å². The highest BCUT2D eigenvalue weighted by Gasteiger charge is 2.35. The van der Waals surface area contributed by atoms with E-state index in [1.807, 2.05) is 56.3 Å². The number of carbonyl (C=O) groups is 1. The lowest BCUT2D eigenvalue weighted by atomic mass is 9.89. The highest BCUT2D eigenvalue weighted by atomic mass is 32.2. The first-order valence-electron chi connectivity index (χ1n) is 11.5. The average Bonchev–Trinajstić information content (AvgIpc) is 2.82. The largest absolute Gasteiger partial charge is 0.497 e. The van der Waals surface area contributed by atoms with E-state index < -0.39 is 21.5 Å². The van der Waals surface area contributed by atoms with E-state index in [-0.39, 0.29) is 12.6 Å². The Kier molecular flexibility index (Phi) is 7.12. The van der Waals surface area contributed by atoms with Gasteiger partial charge in [0, 0.05) is 12.0 Å². The van der Waals surface area contributed by atoms with Crippen LogP contribution in [0.1, 0.15) is 31.9 Å². The van der Waals surface area contributed by atoms with Gasteiger partial charge in [-0.25, -0.2) is 8.42 Å². The molecular formula is C27H30N2O6S. The van der Waals surface area contributed by atoms with Crippen molar-refractivity contribution in [1.29, 1.82) is 0 Å². The third-order valence-corrected chi connectivity index (χ3v) is 6.94. The zero-order valence-corrected chi connectivity index (χ0v) is 21.5. The lowest BCUT2D eigenvalue weighted by Gasteiger charge is -2.38. The molecule has 1 aliphatic heterocycles. The molecule has 4 rings (SSSR count).